The lowest BCUT2D eigenvalue weighted by atomic mass is 9.80. The molecule has 2 aliphatic rings. The van der Waals surface area contributed by atoms with E-state index in [2.05, 4.69) is 135 Å². The van der Waals surface area contributed by atoms with Gasteiger partial charge in [0.15, 0.2) is 0 Å². The lowest BCUT2D eigenvalue weighted by Gasteiger charge is -2.23. The number of rotatable bonds is 2. The van der Waals surface area contributed by atoms with Crippen molar-refractivity contribution in [2.45, 2.75) is 19.3 Å². The summed E-state index contributed by atoms with van der Waals surface area (Å²) in [5.74, 6) is 0. The molecule has 182 valence electrons. The van der Waals surface area contributed by atoms with Crippen molar-refractivity contribution in [1.82, 2.24) is 0 Å². The Balaban J connectivity index is 1.24. The van der Waals surface area contributed by atoms with Crippen LogP contribution in [0.2, 0.25) is 0 Å². The zero-order valence-electron chi connectivity index (χ0n) is 22.0. The third-order valence-corrected chi connectivity index (χ3v) is 9.39. The lowest BCUT2D eigenvalue weighted by molar-refractivity contribution is 0.661. The molecular formula is C39H26. The predicted molar refractivity (Wildman–Crippen MR) is 166 cm³/mol. The molecule has 0 fully saturated rings. The number of fused-ring (bicyclic) bond motifs is 4. The Kier molecular flexibility index (Phi) is 3.95. The topological polar surface area (TPSA) is 0 Å². The summed E-state index contributed by atoms with van der Waals surface area (Å²) in [5.41, 5.74) is 13.4. The highest BCUT2D eigenvalue weighted by Gasteiger charge is 2.36. The molecule has 0 N–H and O–H groups in total. The van der Waals surface area contributed by atoms with E-state index in [1.54, 1.807) is 0 Å². The summed E-state index contributed by atoms with van der Waals surface area (Å²) in [6.45, 7) is 4.76. The fourth-order valence-corrected chi connectivity index (χ4v) is 7.45. The van der Waals surface area contributed by atoms with E-state index in [1.807, 2.05) is 0 Å². The highest BCUT2D eigenvalue weighted by Crippen LogP contribution is 2.53. The first-order valence-electron chi connectivity index (χ1n) is 13.9. The van der Waals surface area contributed by atoms with Gasteiger partial charge < -0.3 is 0 Å². The van der Waals surface area contributed by atoms with Gasteiger partial charge in [-0.15, -0.1) is 0 Å². The zero-order chi connectivity index (χ0) is 25.9. The highest BCUT2D eigenvalue weighted by molar-refractivity contribution is 6.34. The van der Waals surface area contributed by atoms with Crippen LogP contribution < -0.4 is 0 Å². The van der Waals surface area contributed by atoms with Gasteiger partial charge in [0, 0.05) is 5.41 Å². The minimum absolute atomic E-state index is 0.0652. The van der Waals surface area contributed by atoms with Crippen LogP contribution in [0.15, 0.2) is 121 Å². The van der Waals surface area contributed by atoms with Crippen LogP contribution in [0, 0.1) is 0 Å². The van der Waals surface area contributed by atoms with Crippen molar-refractivity contribution in [1.29, 1.82) is 0 Å². The van der Waals surface area contributed by atoms with Gasteiger partial charge in [-0.2, -0.15) is 0 Å². The molecule has 0 saturated heterocycles. The standard InChI is InChI=1S/C39H26/c1-39(2)34-21-26(23-7-4-3-5-8-23)14-16-29(34)30-17-15-27(22-35(30)39)28-19-20-33-31-10-6-9-24-11-12-25-13-18-32(28)38(33)37(25)36(24)31/h3-22H,1-2H3. The predicted octanol–water partition coefficient (Wildman–Crippen LogP) is 10.8. The second-order valence-electron chi connectivity index (χ2n) is 11.7. The molecule has 0 radical (unpaired) electrons. The van der Waals surface area contributed by atoms with Gasteiger partial charge >= 0.3 is 0 Å². The SMILES string of the molecule is CC1(C)c2cc(-c3ccccc3)ccc2-c2ccc(-c3ccc4c5c3ccc3ccc6cccc-4c6c35)cc21. The van der Waals surface area contributed by atoms with E-state index in [1.165, 1.54) is 88.0 Å². The molecule has 39 heavy (non-hydrogen) atoms. The summed E-state index contributed by atoms with van der Waals surface area (Å²) in [6.07, 6.45) is 0. The van der Waals surface area contributed by atoms with Crippen molar-refractivity contribution in [3.8, 4) is 44.5 Å². The van der Waals surface area contributed by atoms with Gasteiger partial charge in [0.1, 0.15) is 0 Å². The Morgan fingerprint density at radius 1 is 0.385 bits per heavy atom. The van der Waals surface area contributed by atoms with Crippen LogP contribution >= 0.6 is 0 Å². The molecule has 0 amide bonds. The Morgan fingerprint density at radius 3 is 1.79 bits per heavy atom. The zero-order valence-corrected chi connectivity index (χ0v) is 22.0. The van der Waals surface area contributed by atoms with Crippen LogP contribution in [-0.4, -0.2) is 0 Å². The van der Waals surface area contributed by atoms with Gasteiger partial charge in [-0.3, -0.25) is 0 Å². The molecule has 7 aromatic carbocycles. The summed E-state index contributed by atoms with van der Waals surface area (Å²) >= 11 is 0. The monoisotopic (exact) mass is 494 g/mol. The quantitative estimate of drug-likeness (QED) is 0.210. The number of hydrogen-bond acceptors (Lipinski definition) is 0. The van der Waals surface area contributed by atoms with Crippen LogP contribution in [0.4, 0.5) is 0 Å². The minimum atomic E-state index is -0.0652. The molecular weight excluding hydrogens is 468 g/mol. The van der Waals surface area contributed by atoms with E-state index in [-0.39, 0.29) is 5.41 Å². The van der Waals surface area contributed by atoms with E-state index >= 15 is 0 Å². The van der Waals surface area contributed by atoms with Crippen molar-refractivity contribution in [3.05, 3.63) is 132 Å². The number of benzene rings is 7. The fourth-order valence-electron chi connectivity index (χ4n) is 7.45. The van der Waals surface area contributed by atoms with E-state index in [4.69, 9.17) is 0 Å². The maximum Gasteiger partial charge on any atom is 0.0159 e. The average molecular weight is 495 g/mol. The van der Waals surface area contributed by atoms with Crippen molar-refractivity contribution in [3.63, 3.8) is 0 Å². The molecule has 0 heterocycles. The Bertz CT molecular complexity index is 2180. The maximum absolute atomic E-state index is 2.46. The third kappa shape index (κ3) is 2.69. The maximum atomic E-state index is 2.46. The molecule has 0 spiro atoms. The Labute approximate surface area is 228 Å². The second kappa shape index (κ2) is 7.24. The van der Waals surface area contributed by atoms with Crippen molar-refractivity contribution in [2.24, 2.45) is 0 Å². The normalized spacial score (nSPS) is 14.1. The fraction of sp³-hybridized carbons (Fsp3) is 0.0769. The van der Waals surface area contributed by atoms with Gasteiger partial charge in [0.05, 0.1) is 0 Å². The molecule has 0 bridgehead atoms. The Morgan fingerprint density at radius 2 is 1.00 bits per heavy atom. The summed E-state index contributed by atoms with van der Waals surface area (Å²) < 4.78 is 0. The van der Waals surface area contributed by atoms with Gasteiger partial charge in [-0.05, 0) is 100 Å². The molecule has 0 aliphatic heterocycles. The molecule has 0 unspecified atom stereocenters. The van der Waals surface area contributed by atoms with E-state index < -0.39 is 0 Å². The summed E-state index contributed by atoms with van der Waals surface area (Å²) in [7, 11) is 0. The third-order valence-electron chi connectivity index (χ3n) is 9.39. The van der Waals surface area contributed by atoms with Crippen LogP contribution in [0.1, 0.15) is 25.0 Å². The van der Waals surface area contributed by atoms with Gasteiger partial charge in [-0.25, -0.2) is 0 Å². The lowest BCUT2D eigenvalue weighted by Crippen LogP contribution is -2.15. The molecule has 2 aliphatic carbocycles. The largest absolute Gasteiger partial charge is 0.0622 e. The van der Waals surface area contributed by atoms with Crippen molar-refractivity contribution in [2.75, 3.05) is 0 Å². The number of hydrogen-bond donors (Lipinski definition) is 0. The summed E-state index contributed by atoms with van der Waals surface area (Å²) in [5, 5.41) is 8.25. The molecule has 0 nitrogen and oxygen atoms in total. The molecule has 0 heteroatoms. The van der Waals surface area contributed by atoms with E-state index in [0.717, 1.165) is 0 Å². The second-order valence-corrected chi connectivity index (χ2v) is 11.7. The first kappa shape index (κ1) is 21.3. The first-order chi connectivity index (χ1) is 19.1. The highest BCUT2D eigenvalue weighted by atomic mass is 14.4. The van der Waals surface area contributed by atoms with Gasteiger partial charge in [-0.1, -0.05) is 123 Å². The van der Waals surface area contributed by atoms with Crippen molar-refractivity contribution >= 4 is 32.3 Å². The molecule has 0 saturated carbocycles. The van der Waals surface area contributed by atoms with Crippen LogP contribution in [0.5, 0.6) is 0 Å². The molecule has 9 rings (SSSR count). The average Bonchev–Trinajstić information content (AvgIpc) is 3.44. The van der Waals surface area contributed by atoms with Crippen molar-refractivity contribution < 1.29 is 0 Å². The van der Waals surface area contributed by atoms with Crippen LogP contribution in [-0.2, 0) is 5.41 Å². The smallest absolute Gasteiger partial charge is 0.0159 e. The molecule has 0 atom stereocenters. The first-order valence-corrected chi connectivity index (χ1v) is 13.9. The summed E-state index contributed by atoms with van der Waals surface area (Å²) in [4.78, 5) is 0. The molecule has 7 aromatic rings. The van der Waals surface area contributed by atoms with Gasteiger partial charge in [0.2, 0.25) is 0 Å². The van der Waals surface area contributed by atoms with Crippen LogP contribution in [0.25, 0.3) is 76.8 Å². The Hall–Kier alpha value is -4.68. The van der Waals surface area contributed by atoms with E-state index in [9.17, 15) is 0 Å². The van der Waals surface area contributed by atoms with Gasteiger partial charge in [0.25, 0.3) is 0 Å². The summed E-state index contributed by atoms with van der Waals surface area (Å²) in [6, 6.07) is 45.5. The molecule has 0 aromatic heterocycles. The van der Waals surface area contributed by atoms with E-state index in [0.29, 0.717) is 0 Å². The minimum Gasteiger partial charge on any atom is -0.0622 e. The van der Waals surface area contributed by atoms with Crippen LogP contribution in [0.3, 0.4) is 0 Å².